The Morgan fingerprint density at radius 2 is 2.13 bits per heavy atom. The lowest BCUT2D eigenvalue weighted by Crippen LogP contribution is -2.13. The fourth-order valence-corrected chi connectivity index (χ4v) is 1.05. The fraction of sp³-hybridized carbons (Fsp3) is 0.250. The Kier molecular flexibility index (Phi) is 3.03. The molecule has 0 bridgehead atoms. The van der Waals surface area contributed by atoms with E-state index in [0.717, 1.165) is 13.3 Å². The van der Waals surface area contributed by atoms with Crippen LogP contribution in [0.2, 0.25) is 0 Å². The fourth-order valence-electron chi connectivity index (χ4n) is 1.05. The van der Waals surface area contributed by atoms with Gasteiger partial charge in [-0.25, -0.2) is 18.6 Å². The van der Waals surface area contributed by atoms with Gasteiger partial charge in [-0.1, -0.05) is 0 Å². The van der Waals surface area contributed by atoms with E-state index in [1.165, 1.54) is 0 Å². The third kappa shape index (κ3) is 1.95. The molecule has 0 unspecified atom stereocenters. The Bertz CT molecular complexity index is 396. The maximum atomic E-state index is 12.4. The number of nitrogen functional groups attached to an aromatic ring is 2. The molecule has 1 heterocycles. The summed E-state index contributed by atoms with van der Waals surface area (Å²) in [7, 11) is 1.09. The lowest BCUT2D eigenvalue weighted by Gasteiger charge is -2.10. The lowest BCUT2D eigenvalue weighted by molar-refractivity contribution is 0.0602. The number of hydrogen-bond acceptors (Lipinski definition) is 5. The van der Waals surface area contributed by atoms with Gasteiger partial charge in [0, 0.05) is 6.20 Å². The summed E-state index contributed by atoms with van der Waals surface area (Å²) in [6, 6.07) is 0. The smallest absolute Gasteiger partial charge is 0.343 e. The van der Waals surface area contributed by atoms with Crippen molar-refractivity contribution in [3.63, 3.8) is 0 Å². The highest BCUT2D eigenvalue weighted by Crippen LogP contribution is 2.29. The Hall–Kier alpha value is -1.92. The third-order valence-corrected chi connectivity index (χ3v) is 1.80. The van der Waals surface area contributed by atoms with Gasteiger partial charge in [-0.2, -0.15) is 0 Å². The van der Waals surface area contributed by atoms with Gasteiger partial charge in [-0.15, -0.1) is 0 Å². The van der Waals surface area contributed by atoms with Crippen molar-refractivity contribution in [3.05, 3.63) is 17.3 Å². The van der Waals surface area contributed by atoms with E-state index in [-0.39, 0.29) is 11.4 Å². The highest BCUT2D eigenvalue weighted by molar-refractivity contribution is 6.00. The van der Waals surface area contributed by atoms with E-state index in [9.17, 15) is 13.6 Å². The minimum absolute atomic E-state index is 0.233. The van der Waals surface area contributed by atoms with Gasteiger partial charge < -0.3 is 16.2 Å². The van der Waals surface area contributed by atoms with Crippen molar-refractivity contribution in [3.8, 4) is 0 Å². The number of alkyl halides is 2. The number of hydrogen-bond donors (Lipinski definition) is 2. The zero-order valence-electron chi connectivity index (χ0n) is 7.83. The summed E-state index contributed by atoms with van der Waals surface area (Å²) in [6.07, 6.45) is -1.98. The number of halogens is 2. The molecule has 1 aromatic heterocycles. The first-order chi connectivity index (χ1) is 6.99. The Labute approximate surface area is 84.0 Å². The number of nitrogens with zero attached hydrogens (tertiary/aromatic N) is 1. The van der Waals surface area contributed by atoms with Crippen LogP contribution in [-0.2, 0) is 4.74 Å². The molecule has 0 amide bonds. The van der Waals surface area contributed by atoms with E-state index in [1.54, 1.807) is 0 Å². The molecule has 15 heavy (non-hydrogen) atoms. The summed E-state index contributed by atoms with van der Waals surface area (Å²) < 4.78 is 29.1. The summed E-state index contributed by atoms with van der Waals surface area (Å²) in [5.74, 6) is -1.12. The minimum Gasteiger partial charge on any atom is -0.465 e. The van der Waals surface area contributed by atoms with Crippen LogP contribution in [0.15, 0.2) is 6.20 Å². The first kappa shape index (κ1) is 11.2. The monoisotopic (exact) mass is 217 g/mol. The predicted molar refractivity (Wildman–Crippen MR) is 49.4 cm³/mol. The predicted octanol–water partition coefficient (Wildman–Crippen LogP) is 0.970. The van der Waals surface area contributed by atoms with E-state index in [1.807, 2.05) is 0 Å². The number of carbonyl (C=O) groups is 1. The van der Waals surface area contributed by atoms with Gasteiger partial charge in [0.15, 0.2) is 0 Å². The van der Waals surface area contributed by atoms with Crippen LogP contribution in [0.4, 0.5) is 20.3 Å². The molecule has 0 aliphatic rings. The summed E-state index contributed by atoms with van der Waals surface area (Å²) >= 11 is 0. The number of nitrogens with two attached hydrogens (primary N) is 2. The van der Waals surface area contributed by atoms with Crippen LogP contribution in [0.3, 0.4) is 0 Å². The molecule has 1 rings (SSSR count). The molecule has 82 valence electrons. The second-order valence-electron chi connectivity index (χ2n) is 2.68. The standard InChI is InChI=1S/C8H9F2N3O2/c1-15-8(14)4-5(11)3(6(9)10)2-13-7(4)12/h2,6H,1H3,(H4,11,12,13). The molecule has 0 aliphatic heterocycles. The maximum Gasteiger partial charge on any atom is 0.343 e. The SMILES string of the molecule is COC(=O)c1c(N)ncc(C(F)F)c1N. The Morgan fingerprint density at radius 1 is 1.53 bits per heavy atom. The normalized spacial score (nSPS) is 10.4. The van der Waals surface area contributed by atoms with Crippen molar-refractivity contribution in [2.24, 2.45) is 0 Å². The van der Waals surface area contributed by atoms with Gasteiger partial charge in [0.25, 0.3) is 6.43 Å². The van der Waals surface area contributed by atoms with Crippen LogP contribution in [0.25, 0.3) is 0 Å². The molecule has 1 aromatic rings. The van der Waals surface area contributed by atoms with E-state index in [4.69, 9.17) is 11.5 Å². The quantitative estimate of drug-likeness (QED) is 0.720. The zero-order chi connectivity index (χ0) is 11.6. The molecule has 0 atom stereocenters. The second kappa shape index (κ2) is 4.07. The van der Waals surface area contributed by atoms with E-state index >= 15 is 0 Å². The van der Waals surface area contributed by atoms with Crippen LogP contribution in [-0.4, -0.2) is 18.1 Å². The van der Waals surface area contributed by atoms with E-state index in [0.29, 0.717) is 0 Å². The minimum atomic E-state index is -2.82. The second-order valence-corrected chi connectivity index (χ2v) is 2.68. The molecule has 7 heteroatoms. The number of rotatable bonds is 2. The third-order valence-electron chi connectivity index (χ3n) is 1.80. The molecular weight excluding hydrogens is 208 g/mol. The number of esters is 1. The molecule has 0 saturated carbocycles. The van der Waals surface area contributed by atoms with Gasteiger partial charge in [0.2, 0.25) is 0 Å². The number of anilines is 2. The first-order valence-corrected chi connectivity index (χ1v) is 3.89. The number of pyridine rings is 1. The molecule has 0 radical (unpaired) electrons. The average Bonchev–Trinajstić information content (AvgIpc) is 2.16. The number of carbonyl (C=O) groups excluding carboxylic acids is 1. The molecule has 5 nitrogen and oxygen atoms in total. The topological polar surface area (TPSA) is 91.2 Å². The molecule has 0 saturated heterocycles. The van der Waals surface area contributed by atoms with Crippen molar-refractivity contribution in [2.75, 3.05) is 18.6 Å². The van der Waals surface area contributed by atoms with Crippen molar-refractivity contribution >= 4 is 17.5 Å². The van der Waals surface area contributed by atoms with E-state index < -0.39 is 23.6 Å². The van der Waals surface area contributed by atoms with Crippen molar-refractivity contribution in [1.29, 1.82) is 0 Å². The molecule has 0 aliphatic carbocycles. The molecule has 0 fully saturated rings. The number of ether oxygens (including phenoxy) is 1. The summed E-state index contributed by atoms with van der Waals surface area (Å²) in [4.78, 5) is 14.6. The molecule has 4 N–H and O–H groups in total. The summed E-state index contributed by atoms with van der Waals surface area (Å²) in [6.45, 7) is 0. The van der Waals surface area contributed by atoms with Gasteiger partial charge in [-0.05, 0) is 0 Å². The van der Waals surface area contributed by atoms with E-state index in [2.05, 4.69) is 9.72 Å². The van der Waals surface area contributed by atoms with Gasteiger partial charge in [-0.3, -0.25) is 0 Å². The van der Waals surface area contributed by atoms with Gasteiger partial charge in [0.05, 0.1) is 18.4 Å². The van der Waals surface area contributed by atoms with Crippen LogP contribution in [0, 0.1) is 0 Å². The highest BCUT2D eigenvalue weighted by atomic mass is 19.3. The summed E-state index contributed by atoms with van der Waals surface area (Å²) in [5.41, 5.74) is 9.43. The van der Waals surface area contributed by atoms with Crippen molar-refractivity contribution < 1.29 is 18.3 Å². The molecule has 0 aromatic carbocycles. The lowest BCUT2D eigenvalue weighted by atomic mass is 10.1. The van der Waals surface area contributed by atoms with Gasteiger partial charge in [0.1, 0.15) is 11.4 Å². The Morgan fingerprint density at radius 3 is 2.60 bits per heavy atom. The van der Waals surface area contributed by atoms with Gasteiger partial charge >= 0.3 is 5.97 Å². The van der Waals surface area contributed by atoms with Crippen LogP contribution < -0.4 is 11.5 Å². The van der Waals surface area contributed by atoms with Crippen molar-refractivity contribution in [2.45, 2.75) is 6.43 Å². The maximum absolute atomic E-state index is 12.4. The zero-order valence-corrected chi connectivity index (χ0v) is 7.83. The largest absolute Gasteiger partial charge is 0.465 e. The van der Waals surface area contributed by atoms with Crippen LogP contribution in [0.5, 0.6) is 0 Å². The molecule has 0 spiro atoms. The summed E-state index contributed by atoms with van der Waals surface area (Å²) in [5, 5.41) is 0. The highest BCUT2D eigenvalue weighted by Gasteiger charge is 2.22. The van der Waals surface area contributed by atoms with Crippen LogP contribution >= 0.6 is 0 Å². The molecular formula is C8H9F2N3O2. The number of methoxy groups -OCH3 is 1. The van der Waals surface area contributed by atoms with Crippen LogP contribution in [0.1, 0.15) is 22.3 Å². The first-order valence-electron chi connectivity index (χ1n) is 3.89. The van der Waals surface area contributed by atoms with Crippen molar-refractivity contribution in [1.82, 2.24) is 4.98 Å². The number of aromatic nitrogens is 1. The average molecular weight is 217 g/mol. The Balaban J connectivity index is 3.36.